The molecule has 0 aliphatic heterocycles. The third-order valence-electron chi connectivity index (χ3n) is 2.23. The second-order valence-corrected chi connectivity index (χ2v) is 3.22. The Morgan fingerprint density at radius 2 is 2.36 bits per heavy atom. The molecule has 0 fully saturated rings. The first-order valence-electron chi connectivity index (χ1n) is 4.40. The van der Waals surface area contributed by atoms with E-state index in [9.17, 15) is 0 Å². The second kappa shape index (κ2) is 3.36. The second-order valence-electron chi connectivity index (χ2n) is 3.22. The fourth-order valence-electron chi connectivity index (χ4n) is 1.36. The molecule has 5 heteroatoms. The minimum Gasteiger partial charge on any atom is -0.394 e. The Labute approximate surface area is 81.2 Å². The molecule has 3 N–H and O–H groups in total. The molecular formula is C9H12N4O. The van der Waals surface area contributed by atoms with Crippen molar-refractivity contribution in [2.75, 3.05) is 6.61 Å². The highest BCUT2D eigenvalue weighted by Crippen LogP contribution is 2.12. The molecule has 2 aromatic heterocycles. The van der Waals surface area contributed by atoms with Gasteiger partial charge in [0.25, 0.3) is 0 Å². The number of hydrogen-bond donors (Lipinski definition) is 2. The minimum atomic E-state index is -0.350. The Morgan fingerprint density at radius 3 is 3.07 bits per heavy atom. The van der Waals surface area contributed by atoms with E-state index in [0.717, 1.165) is 17.0 Å². The number of aliphatic hydroxyl groups is 1. The van der Waals surface area contributed by atoms with E-state index in [1.807, 2.05) is 29.7 Å². The molecule has 0 aromatic carbocycles. The van der Waals surface area contributed by atoms with Crippen LogP contribution in [0.3, 0.4) is 0 Å². The molecule has 0 bridgehead atoms. The van der Waals surface area contributed by atoms with E-state index in [1.54, 1.807) is 0 Å². The minimum absolute atomic E-state index is 0.0662. The predicted octanol–water partition coefficient (Wildman–Crippen LogP) is 0.0298. The van der Waals surface area contributed by atoms with E-state index in [-0.39, 0.29) is 12.6 Å². The van der Waals surface area contributed by atoms with Crippen LogP contribution in [-0.2, 0) is 0 Å². The third kappa shape index (κ3) is 1.36. The van der Waals surface area contributed by atoms with E-state index >= 15 is 0 Å². The van der Waals surface area contributed by atoms with Gasteiger partial charge in [0.15, 0.2) is 5.65 Å². The first-order chi connectivity index (χ1) is 6.72. The number of nitrogens with two attached hydrogens (primary N) is 1. The lowest BCUT2D eigenvalue weighted by Gasteiger charge is -2.07. The summed E-state index contributed by atoms with van der Waals surface area (Å²) in [5, 5.41) is 16.8. The van der Waals surface area contributed by atoms with Gasteiger partial charge in [-0.3, -0.25) is 4.40 Å². The number of nitrogens with zero attached hydrogens (tertiary/aromatic N) is 3. The number of fused-ring (bicyclic) bond motifs is 1. The van der Waals surface area contributed by atoms with Crippen molar-refractivity contribution in [1.82, 2.24) is 14.6 Å². The monoisotopic (exact) mass is 192 g/mol. The van der Waals surface area contributed by atoms with Crippen molar-refractivity contribution in [3.05, 3.63) is 29.7 Å². The normalized spacial score (nSPS) is 13.4. The Morgan fingerprint density at radius 1 is 1.57 bits per heavy atom. The number of hydrogen-bond acceptors (Lipinski definition) is 4. The lowest BCUT2D eigenvalue weighted by atomic mass is 10.1. The van der Waals surface area contributed by atoms with Gasteiger partial charge in [-0.15, -0.1) is 10.2 Å². The fourth-order valence-corrected chi connectivity index (χ4v) is 1.36. The molecule has 2 heterocycles. The van der Waals surface area contributed by atoms with Crippen molar-refractivity contribution in [3.63, 3.8) is 0 Å². The van der Waals surface area contributed by atoms with Crippen LogP contribution in [0.5, 0.6) is 0 Å². The molecule has 0 amide bonds. The van der Waals surface area contributed by atoms with E-state index in [1.165, 1.54) is 0 Å². The van der Waals surface area contributed by atoms with Crippen LogP contribution >= 0.6 is 0 Å². The molecule has 74 valence electrons. The summed E-state index contributed by atoms with van der Waals surface area (Å²) in [5.74, 6) is 0.837. The van der Waals surface area contributed by atoms with Crippen LogP contribution in [0, 0.1) is 6.92 Å². The Balaban J connectivity index is 2.52. The smallest absolute Gasteiger partial charge is 0.161 e. The summed E-state index contributed by atoms with van der Waals surface area (Å²) in [4.78, 5) is 0. The summed E-state index contributed by atoms with van der Waals surface area (Å²) < 4.78 is 1.87. The van der Waals surface area contributed by atoms with Crippen LogP contribution in [0.15, 0.2) is 18.3 Å². The van der Waals surface area contributed by atoms with Gasteiger partial charge < -0.3 is 10.8 Å². The predicted molar refractivity (Wildman–Crippen MR) is 51.7 cm³/mol. The van der Waals surface area contributed by atoms with Crippen molar-refractivity contribution in [3.8, 4) is 0 Å². The third-order valence-corrected chi connectivity index (χ3v) is 2.23. The SMILES string of the molecule is Cc1nnc2cc(C(N)CO)ccn12. The lowest BCUT2D eigenvalue weighted by Crippen LogP contribution is -2.14. The summed E-state index contributed by atoms with van der Waals surface area (Å²) in [6.07, 6.45) is 1.86. The van der Waals surface area contributed by atoms with Crippen LogP contribution in [0.2, 0.25) is 0 Å². The standard InChI is InChI=1S/C9H12N4O/c1-6-11-12-9-4-7(8(10)5-14)2-3-13(6)9/h2-4,8,14H,5,10H2,1H3. The van der Waals surface area contributed by atoms with Crippen LogP contribution in [0.25, 0.3) is 5.65 Å². The number of aliphatic hydroxyl groups excluding tert-OH is 1. The zero-order chi connectivity index (χ0) is 10.1. The summed E-state index contributed by atoms with van der Waals surface area (Å²) >= 11 is 0. The van der Waals surface area contributed by atoms with Crippen LogP contribution in [0.1, 0.15) is 17.4 Å². The molecule has 14 heavy (non-hydrogen) atoms. The first-order valence-corrected chi connectivity index (χ1v) is 4.40. The number of aryl methyl sites for hydroxylation is 1. The molecule has 0 aliphatic rings. The summed E-state index contributed by atoms with van der Waals surface area (Å²) in [6.45, 7) is 1.81. The molecule has 0 saturated heterocycles. The zero-order valence-corrected chi connectivity index (χ0v) is 7.88. The molecule has 1 atom stereocenters. The van der Waals surface area contributed by atoms with Gasteiger partial charge in [0.05, 0.1) is 12.6 Å². The van der Waals surface area contributed by atoms with Gasteiger partial charge in [0, 0.05) is 6.20 Å². The highest BCUT2D eigenvalue weighted by atomic mass is 16.3. The Kier molecular flexibility index (Phi) is 2.18. The topological polar surface area (TPSA) is 76.4 Å². The van der Waals surface area contributed by atoms with Gasteiger partial charge in [0.1, 0.15) is 5.82 Å². The van der Waals surface area contributed by atoms with Gasteiger partial charge in [-0.25, -0.2) is 0 Å². The van der Waals surface area contributed by atoms with E-state index in [4.69, 9.17) is 10.8 Å². The highest BCUT2D eigenvalue weighted by molar-refractivity contribution is 5.42. The molecule has 2 aromatic rings. The van der Waals surface area contributed by atoms with Crippen molar-refractivity contribution >= 4 is 5.65 Å². The summed E-state index contributed by atoms with van der Waals surface area (Å²) in [7, 11) is 0. The zero-order valence-electron chi connectivity index (χ0n) is 7.88. The maximum Gasteiger partial charge on any atom is 0.161 e. The van der Waals surface area contributed by atoms with Crippen LogP contribution < -0.4 is 5.73 Å². The highest BCUT2D eigenvalue weighted by Gasteiger charge is 2.06. The molecule has 0 spiro atoms. The molecule has 0 saturated carbocycles. The van der Waals surface area contributed by atoms with Crippen LogP contribution in [0.4, 0.5) is 0 Å². The molecular weight excluding hydrogens is 180 g/mol. The van der Waals surface area contributed by atoms with Crippen molar-refractivity contribution in [1.29, 1.82) is 0 Å². The number of rotatable bonds is 2. The summed E-state index contributed by atoms with van der Waals surface area (Å²) in [6, 6.07) is 3.35. The average molecular weight is 192 g/mol. The number of pyridine rings is 1. The molecule has 1 unspecified atom stereocenters. The molecule has 0 radical (unpaired) electrons. The van der Waals surface area contributed by atoms with E-state index in [0.29, 0.717) is 0 Å². The Hall–Kier alpha value is -1.46. The van der Waals surface area contributed by atoms with Crippen molar-refractivity contribution in [2.24, 2.45) is 5.73 Å². The largest absolute Gasteiger partial charge is 0.394 e. The van der Waals surface area contributed by atoms with Gasteiger partial charge in [-0.2, -0.15) is 0 Å². The van der Waals surface area contributed by atoms with Crippen LogP contribution in [-0.4, -0.2) is 26.3 Å². The number of aromatic nitrogens is 3. The first kappa shape index (κ1) is 9.11. The molecule has 0 aliphatic carbocycles. The van der Waals surface area contributed by atoms with E-state index < -0.39 is 0 Å². The molecule has 2 rings (SSSR count). The Bertz CT molecular complexity index is 451. The van der Waals surface area contributed by atoms with E-state index in [2.05, 4.69) is 10.2 Å². The fraction of sp³-hybridized carbons (Fsp3) is 0.333. The van der Waals surface area contributed by atoms with Crippen molar-refractivity contribution < 1.29 is 5.11 Å². The lowest BCUT2D eigenvalue weighted by molar-refractivity contribution is 0.268. The quantitative estimate of drug-likeness (QED) is 0.703. The van der Waals surface area contributed by atoms with Gasteiger partial charge in [-0.05, 0) is 24.6 Å². The maximum atomic E-state index is 8.90. The van der Waals surface area contributed by atoms with Gasteiger partial charge in [-0.1, -0.05) is 0 Å². The van der Waals surface area contributed by atoms with Gasteiger partial charge >= 0.3 is 0 Å². The summed E-state index contributed by atoms with van der Waals surface area (Å²) in [5.41, 5.74) is 7.31. The van der Waals surface area contributed by atoms with Crippen molar-refractivity contribution in [2.45, 2.75) is 13.0 Å². The molecule has 5 nitrogen and oxygen atoms in total. The average Bonchev–Trinajstić information content (AvgIpc) is 2.59. The van der Waals surface area contributed by atoms with Gasteiger partial charge in [0.2, 0.25) is 0 Å². The maximum absolute atomic E-state index is 8.90.